The Bertz CT molecular complexity index is 668. The maximum Gasteiger partial charge on any atom is 2.00 e. The van der Waals surface area contributed by atoms with Crippen LogP contribution in [0.25, 0.3) is 11.1 Å². The van der Waals surface area contributed by atoms with Crippen LogP contribution in [0.5, 0.6) is 0 Å². The van der Waals surface area contributed by atoms with E-state index in [1.165, 1.54) is 5.56 Å². The number of nitrogens with zero attached hydrogens (tertiary/aromatic N) is 2. The van der Waals surface area contributed by atoms with Crippen LogP contribution in [-0.2, 0) is 29.0 Å². The monoisotopic (exact) mass is 415 g/mol. The normalized spacial score (nSPS) is 16.6. The Labute approximate surface area is 167 Å². The molecule has 0 saturated heterocycles. The number of hydrogen-bond donors (Lipinski definition) is 1. The second-order valence-corrected chi connectivity index (χ2v) is 5.41. The van der Waals surface area contributed by atoms with Gasteiger partial charge in [0, 0.05) is 17.1 Å². The number of aryl methyl sites for hydroxylation is 1. The van der Waals surface area contributed by atoms with Crippen LogP contribution >= 0.6 is 12.6 Å². The Hall–Kier alpha value is -0.897. The molecule has 1 aromatic rings. The minimum absolute atomic E-state index is 0. The molecule has 7 heteroatoms. The van der Waals surface area contributed by atoms with Crippen molar-refractivity contribution in [3.8, 4) is 0 Å². The summed E-state index contributed by atoms with van der Waals surface area (Å²) in [6, 6.07) is 8.13. The van der Waals surface area contributed by atoms with E-state index in [2.05, 4.69) is 17.4 Å². The number of thiol groups is 1. The summed E-state index contributed by atoms with van der Waals surface area (Å²) in [6.45, 7) is 6.85. The summed E-state index contributed by atoms with van der Waals surface area (Å²) in [4.78, 5) is 4.01. The second-order valence-electron chi connectivity index (χ2n) is 4.93. The first-order chi connectivity index (χ1) is 10.6. The van der Waals surface area contributed by atoms with Crippen molar-refractivity contribution in [3.05, 3.63) is 57.7 Å². The number of halogens is 1. The summed E-state index contributed by atoms with van der Waals surface area (Å²) in [5, 5.41) is 0. The van der Waals surface area contributed by atoms with Crippen LogP contribution in [0.15, 0.2) is 41.0 Å². The van der Waals surface area contributed by atoms with E-state index in [4.69, 9.17) is 9.47 Å². The maximum atomic E-state index is 9.24. The minimum Gasteiger partial charge on any atom is -1.00 e. The first-order valence-electron chi connectivity index (χ1n) is 7.30. The van der Waals surface area contributed by atoms with E-state index in [-0.39, 0.29) is 31.9 Å². The van der Waals surface area contributed by atoms with Crippen LogP contribution < -0.4 is 12.4 Å². The Balaban J connectivity index is 0.00000264. The molecule has 0 aliphatic heterocycles. The predicted molar refractivity (Wildman–Crippen MR) is 90.8 cm³/mol. The molecule has 0 spiro atoms. The Kier molecular flexibility index (Phi) is 10.5. The number of rotatable bonds is 5. The van der Waals surface area contributed by atoms with E-state index < -0.39 is 6.10 Å². The van der Waals surface area contributed by atoms with Gasteiger partial charge in [-0.25, -0.2) is 0 Å². The molecule has 0 N–H and O–H groups in total. The van der Waals surface area contributed by atoms with E-state index in [1.54, 1.807) is 6.08 Å². The third kappa shape index (κ3) is 5.05. The van der Waals surface area contributed by atoms with Gasteiger partial charge in [0.25, 0.3) is 0 Å². The minimum atomic E-state index is -0.487. The van der Waals surface area contributed by atoms with Gasteiger partial charge >= 0.3 is 25.2 Å². The SMILES string of the molecule is CCOC1=CC(=[N+]=[N-])C(OCC)C(S)=C1c1ccc(C)cc1.[Cl-].[Zn+2]. The fraction of sp³-hybridized carbons (Fsp3) is 0.353. The van der Waals surface area contributed by atoms with Crippen LogP contribution in [0.3, 0.4) is 0 Å². The fourth-order valence-electron chi connectivity index (χ4n) is 2.37. The predicted octanol–water partition coefficient (Wildman–Crippen LogP) is 0.647. The van der Waals surface area contributed by atoms with Crippen molar-refractivity contribution in [1.29, 1.82) is 0 Å². The van der Waals surface area contributed by atoms with Gasteiger partial charge in [0.15, 0.2) is 6.10 Å². The topological polar surface area (TPSA) is 54.9 Å². The average Bonchev–Trinajstić information content (AvgIpc) is 2.51. The Morgan fingerprint density at radius 2 is 1.79 bits per heavy atom. The van der Waals surface area contributed by atoms with Crippen LogP contribution in [0, 0.1) is 6.92 Å². The molecule has 0 heterocycles. The van der Waals surface area contributed by atoms with E-state index >= 15 is 0 Å². The molecule has 0 saturated carbocycles. The van der Waals surface area contributed by atoms with Gasteiger partial charge in [-0.05, 0) is 26.3 Å². The molecule has 1 atom stereocenters. The molecule has 0 aromatic heterocycles. The first kappa shape index (κ1) is 23.1. The molecular weight excluding hydrogens is 397 g/mol. The van der Waals surface area contributed by atoms with Gasteiger partial charge in [0.05, 0.1) is 12.7 Å². The first-order valence-corrected chi connectivity index (χ1v) is 7.75. The summed E-state index contributed by atoms with van der Waals surface area (Å²) >= 11 is 4.63. The molecule has 4 nitrogen and oxygen atoms in total. The van der Waals surface area contributed by atoms with Crippen molar-refractivity contribution in [3.63, 3.8) is 0 Å². The quantitative estimate of drug-likeness (QED) is 0.331. The van der Waals surface area contributed by atoms with Gasteiger partial charge in [-0.2, -0.15) is 4.79 Å². The van der Waals surface area contributed by atoms with Crippen molar-refractivity contribution in [1.82, 2.24) is 0 Å². The Morgan fingerprint density at radius 1 is 1.17 bits per heavy atom. The largest absolute Gasteiger partial charge is 2.00 e. The molecule has 1 aliphatic rings. The average molecular weight is 417 g/mol. The molecule has 1 unspecified atom stereocenters. The molecule has 0 fully saturated rings. The molecule has 1 aromatic carbocycles. The van der Waals surface area contributed by atoms with Crippen LogP contribution in [0.4, 0.5) is 0 Å². The third-order valence-corrected chi connectivity index (χ3v) is 3.85. The van der Waals surface area contributed by atoms with Gasteiger partial charge in [0.1, 0.15) is 5.76 Å². The van der Waals surface area contributed by atoms with Gasteiger partial charge in [-0.3, -0.25) is 0 Å². The molecular formula is C17H20ClN2O2SZn+. The number of allylic oxidation sites excluding steroid dienone is 1. The van der Waals surface area contributed by atoms with E-state index in [1.807, 2.05) is 45.0 Å². The molecule has 2 rings (SSSR count). The fourth-order valence-corrected chi connectivity index (χ4v) is 2.82. The van der Waals surface area contributed by atoms with Gasteiger partial charge in [0.2, 0.25) is 0 Å². The zero-order valence-corrected chi connectivity index (χ0v) is 18.7. The van der Waals surface area contributed by atoms with Gasteiger partial charge < -0.3 is 27.4 Å². The number of benzene rings is 1. The van der Waals surface area contributed by atoms with E-state index in [0.717, 1.165) is 11.1 Å². The third-order valence-electron chi connectivity index (χ3n) is 3.39. The molecule has 0 radical (unpaired) electrons. The molecule has 0 amide bonds. The summed E-state index contributed by atoms with van der Waals surface area (Å²) < 4.78 is 11.4. The maximum absolute atomic E-state index is 9.24. The Morgan fingerprint density at radius 3 is 2.29 bits per heavy atom. The zero-order chi connectivity index (χ0) is 16.1. The molecule has 0 bridgehead atoms. The van der Waals surface area contributed by atoms with Crippen molar-refractivity contribution in [2.45, 2.75) is 26.9 Å². The van der Waals surface area contributed by atoms with Crippen molar-refractivity contribution in [2.24, 2.45) is 0 Å². The zero-order valence-electron chi connectivity index (χ0n) is 14.1. The van der Waals surface area contributed by atoms with Crippen molar-refractivity contribution < 1.29 is 46.1 Å². The summed E-state index contributed by atoms with van der Waals surface area (Å²) in [6.07, 6.45) is 1.22. The molecule has 1 aliphatic carbocycles. The standard InChI is InChI=1S/C17H20N2O2S.ClH.Zn/c1-4-20-14-10-13(19-18)16(21-5-2)17(22)15(14)12-8-6-11(3)7-9-12;;/h6-10,16,22H,4-5H2,1-3H3;1H;/q;;+2/p-1. The van der Waals surface area contributed by atoms with Gasteiger partial charge in [-0.1, -0.05) is 29.8 Å². The van der Waals surface area contributed by atoms with Crippen LogP contribution in [-0.4, -0.2) is 29.8 Å². The van der Waals surface area contributed by atoms with Crippen LogP contribution in [0.2, 0.25) is 0 Å². The summed E-state index contributed by atoms with van der Waals surface area (Å²) in [7, 11) is 0. The molecule has 24 heavy (non-hydrogen) atoms. The molecule has 124 valence electrons. The van der Waals surface area contributed by atoms with E-state index in [0.29, 0.717) is 29.6 Å². The van der Waals surface area contributed by atoms with Crippen molar-refractivity contribution >= 4 is 23.9 Å². The van der Waals surface area contributed by atoms with Crippen molar-refractivity contribution in [2.75, 3.05) is 13.2 Å². The van der Waals surface area contributed by atoms with Crippen LogP contribution in [0.1, 0.15) is 25.0 Å². The number of hydrogen-bond acceptors (Lipinski definition) is 3. The smallest absolute Gasteiger partial charge is 1.00 e. The second kappa shape index (κ2) is 10.9. The summed E-state index contributed by atoms with van der Waals surface area (Å²) in [5.74, 6) is 0.639. The van der Waals surface area contributed by atoms with Gasteiger partial charge in [-0.15, -0.1) is 12.6 Å². The van der Waals surface area contributed by atoms with E-state index in [9.17, 15) is 5.53 Å². The number of ether oxygens (including phenoxy) is 2. The summed E-state index contributed by atoms with van der Waals surface area (Å²) in [5.41, 5.74) is 12.7.